The largest absolute Gasteiger partial charge is 0.394 e. The summed E-state index contributed by atoms with van der Waals surface area (Å²) in [5.74, 6) is -0.615. The number of rotatable bonds is 13. The first kappa shape index (κ1) is 24.8. The van der Waals surface area contributed by atoms with Crippen LogP contribution in [0.1, 0.15) is 78.1 Å². The normalized spacial score (nSPS) is 14.2. The van der Waals surface area contributed by atoms with E-state index in [1.807, 2.05) is 0 Å². The van der Waals surface area contributed by atoms with Gasteiger partial charge < -0.3 is 5.11 Å². The predicted octanol–water partition coefficient (Wildman–Crippen LogP) is 2.73. The minimum absolute atomic E-state index is 0. The Morgan fingerprint density at radius 3 is 1.73 bits per heavy atom. The van der Waals surface area contributed by atoms with Gasteiger partial charge in [-0.1, -0.05) is 58.3 Å². The van der Waals surface area contributed by atoms with Gasteiger partial charge >= 0.3 is 0 Å². The van der Waals surface area contributed by atoms with Gasteiger partial charge in [-0.05, 0) is 13.3 Å². The number of carbonyl (C=O) groups excluding carboxylic acids is 1. The SMILES string of the molecule is CCCCCCCCCCCC(=O)C(C)(CO)S(=O)(=O)O.[Na]. The van der Waals surface area contributed by atoms with Crippen LogP contribution < -0.4 is 0 Å². The van der Waals surface area contributed by atoms with Crippen LogP contribution in [0, 0.1) is 0 Å². The van der Waals surface area contributed by atoms with Crippen molar-refractivity contribution >= 4 is 45.5 Å². The molecule has 0 aromatic rings. The van der Waals surface area contributed by atoms with Gasteiger partial charge in [0, 0.05) is 36.0 Å². The summed E-state index contributed by atoms with van der Waals surface area (Å²) in [6.07, 6.45) is 9.94. The number of ketones is 1. The number of hydrogen-bond donors (Lipinski definition) is 2. The number of carbonyl (C=O) groups is 1. The third kappa shape index (κ3) is 8.99. The molecule has 127 valence electrons. The summed E-state index contributed by atoms with van der Waals surface area (Å²) in [6.45, 7) is 2.37. The third-order valence-corrected chi connectivity index (χ3v) is 5.46. The fourth-order valence-corrected chi connectivity index (χ4v) is 2.73. The van der Waals surface area contributed by atoms with E-state index in [0.29, 0.717) is 6.42 Å². The van der Waals surface area contributed by atoms with Crippen molar-refractivity contribution in [1.29, 1.82) is 0 Å². The Balaban J connectivity index is 0. The van der Waals surface area contributed by atoms with E-state index in [-0.39, 0.29) is 36.0 Å². The molecule has 0 saturated heterocycles. The van der Waals surface area contributed by atoms with E-state index in [4.69, 9.17) is 9.66 Å². The summed E-state index contributed by atoms with van der Waals surface area (Å²) in [7, 11) is -4.57. The Hall–Kier alpha value is 0.540. The van der Waals surface area contributed by atoms with Crippen LogP contribution in [0.5, 0.6) is 0 Å². The van der Waals surface area contributed by atoms with Gasteiger partial charge in [-0.15, -0.1) is 0 Å². The van der Waals surface area contributed by atoms with E-state index in [1.165, 1.54) is 32.1 Å². The van der Waals surface area contributed by atoms with Gasteiger partial charge in [0.1, 0.15) is 0 Å². The van der Waals surface area contributed by atoms with Crippen LogP contribution in [0.3, 0.4) is 0 Å². The van der Waals surface area contributed by atoms with Gasteiger partial charge in [0.05, 0.1) is 6.61 Å². The Morgan fingerprint density at radius 1 is 0.955 bits per heavy atom. The predicted molar refractivity (Wildman–Crippen MR) is 89.6 cm³/mol. The first-order valence-electron chi connectivity index (χ1n) is 7.90. The molecule has 2 N–H and O–H groups in total. The van der Waals surface area contributed by atoms with E-state index in [9.17, 15) is 13.2 Å². The fourth-order valence-electron chi connectivity index (χ4n) is 2.17. The molecule has 1 radical (unpaired) electrons. The standard InChI is InChI=1S/C15H30O5S.Na/c1-3-4-5-6-7-8-9-10-11-12-14(17)15(2,13-16)21(18,19)20;/h16H,3-13H2,1-2H3,(H,18,19,20);. The Bertz CT molecular complexity index is 397. The first-order valence-corrected chi connectivity index (χ1v) is 9.34. The zero-order valence-electron chi connectivity index (χ0n) is 14.3. The molecule has 0 aliphatic carbocycles. The van der Waals surface area contributed by atoms with Crippen molar-refractivity contribution in [2.75, 3.05) is 6.61 Å². The van der Waals surface area contributed by atoms with E-state index in [1.54, 1.807) is 0 Å². The summed E-state index contributed by atoms with van der Waals surface area (Å²) in [6, 6.07) is 0. The quantitative estimate of drug-likeness (QED) is 0.304. The molecule has 0 amide bonds. The summed E-state index contributed by atoms with van der Waals surface area (Å²) in [5, 5.41) is 9.07. The molecular weight excluding hydrogens is 315 g/mol. The van der Waals surface area contributed by atoms with Crippen LogP contribution in [-0.4, -0.2) is 64.8 Å². The van der Waals surface area contributed by atoms with Crippen molar-refractivity contribution in [3.8, 4) is 0 Å². The van der Waals surface area contributed by atoms with Gasteiger partial charge in [-0.3, -0.25) is 9.35 Å². The van der Waals surface area contributed by atoms with Crippen molar-refractivity contribution in [2.24, 2.45) is 0 Å². The van der Waals surface area contributed by atoms with Gasteiger partial charge in [-0.2, -0.15) is 8.42 Å². The van der Waals surface area contributed by atoms with Crippen LogP contribution in [0.15, 0.2) is 0 Å². The molecule has 7 heteroatoms. The molecule has 5 nitrogen and oxygen atoms in total. The minimum atomic E-state index is -4.57. The molecule has 0 aliphatic rings. The molecule has 1 unspecified atom stereocenters. The van der Waals surface area contributed by atoms with Crippen molar-refractivity contribution in [1.82, 2.24) is 0 Å². The second-order valence-corrected chi connectivity index (χ2v) is 7.72. The molecule has 1 atom stereocenters. The smallest absolute Gasteiger partial charge is 0.279 e. The van der Waals surface area contributed by atoms with Crippen LogP contribution >= 0.6 is 0 Å². The third-order valence-electron chi connectivity index (χ3n) is 3.97. The average molecular weight is 345 g/mol. The Morgan fingerprint density at radius 2 is 1.36 bits per heavy atom. The monoisotopic (exact) mass is 345 g/mol. The molecule has 0 aliphatic heterocycles. The molecule has 0 fully saturated rings. The van der Waals surface area contributed by atoms with E-state index in [0.717, 1.165) is 26.2 Å². The van der Waals surface area contributed by atoms with Gasteiger partial charge in [-0.25, -0.2) is 0 Å². The van der Waals surface area contributed by atoms with Crippen LogP contribution in [-0.2, 0) is 14.9 Å². The van der Waals surface area contributed by atoms with Gasteiger partial charge in [0.15, 0.2) is 10.5 Å². The van der Waals surface area contributed by atoms with E-state index < -0.39 is 27.3 Å². The van der Waals surface area contributed by atoms with Crippen molar-refractivity contribution < 1.29 is 22.9 Å². The van der Waals surface area contributed by atoms with Crippen molar-refractivity contribution in [3.05, 3.63) is 0 Å². The second kappa shape index (κ2) is 12.9. The fraction of sp³-hybridized carbons (Fsp3) is 0.933. The molecule has 0 spiro atoms. The topological polar surface area (TPSA) is 91.7 Å². The number of aliphatic hydroxyl groups is 1. The van der Waals surface area contributed by atoms with Crippen LogP contribution in [0.25, 0.3) is 0 Å². The average Bonchev–Trinajstić information content (AvgIpc) is 2.43. The molecule has 0 saturated carbocycles. The maximum atomic E-state index is 11.9. The molecule has 0 heterocycles. The summed E-state index contributed by atoms with van der Waals surface area (Å²) < 4.78 is 29.3. The van der Waals surface area contributed by atoms with Gasteiger partial charge in [0.2, 0.25) is 0 Å². The first-order chi connectivity index (χ1) is 9.79. The molecule has 0 aromatic carbocycles. The van der Waals surface area contributed by atoms with Crippen LogP contribution in [0.2, 0.25) is 0 Å². The molecule has 0 bridgehead atoms. The summed E-state index contributed by atoms with van der Waals surface area (Å²) in [5.41, 5.74) is 0. The van der Waals surface area contributed by atoms with Crippen molar-refractivity contribution in [3.63, 3.8) is 0 Å². The van der Waals surface area contributed by atoms with Gasteiger partial charge in [0.25, 0.3) is 10.1 Å². The van der Waals surface area contributed by atoms with E-state index in [2.05, 4.69) is 6.92 Å². The minimum Gasteiger partial charge on any atom is -0.394 e. The number of aliphatic hydroxyl groups excluding tert-OH is 1. The molecule has 0 aromatic heterocycles. The van der Waals surface area contributed by atoms with Crippen molar-refractivity contribution in [2.45, 2.75) is 82.8 Å². The molecule has 22 heavy (non-hydrogen) atoms. The zero-order valence-corrected chi connectivity index (χ0v) is 17.1. The maximum absolute atomic E-state index is 11.9. The van der Waals surface area contributed by atoms with E-state index >= 15 is 0 Å². The number of unbranched alkanes of at least 4 members (excludes halogenated alkanes) is 8. The molecular formula is C15H30NaO5S. The number of hydrogen-bond acceptors (Lipinski definition) is 4. The summed E-state index contributed by atoms with van der Waals surface area (Å²) in [4.78, 5) is 11.9. The Labute approximate surface area is 157 Å². The molecule has 0 rings (SSSR count). The van der Waals surface area contributed by atoms with Crippen LogP contribution in [0.4, 0.5) is 0 Å². The maximum Gasteiger partial charge on any atom is 0.279 e. The zero-order chi connectivity index (χ0) is 16.4. The number of Topliss-reactive ketones (excluding diaryl/α,β-unsaturated/α-hetero) is 1. The Kier molecular flexibility index (Phi) is 14.5. The summed E-state index contributed by atoms with van der Waals surface area (Å²) >= 11 is 0. The second-order valence-electron chi connectivity index (χ2n) is 5.87.